The standard InChI is InChI=1S/C14H21FN2O2/c1-11(14(18)16-8-3-9-19-2)17-10-12-4-6-13(15)7-5-12/h4-7,11,17H,3,8-10H2,1-2H3,(H,16,18). The summed E-state index contributed by atoms with van der Waals surface area (Å²) < 4.78 is 17.6. The number of rotatable bonds is 8. The topological polar surface area (TPSA) is 50.4 Å². The van der Waals surface area contributed by atoms with E-state index in [9.17, 15) is 9.18 Å². The number of nitrogens with one attached hydrogen (secondary N) is 2. The van der Waals surface area contributed by atoms with E-state index in [1.807, 2.05) is 0 Å². The van der Waals surface area contributed by atoms with Crippen molar-refractivity contribution in [1.82, 2.24) is 10.6 Å². The Morgan fingerprint density at radius 2 is 2.05 bits per heavy atom. The van der Waals surface area contributed by atoms with Gasteiger partial charge in [-0.2, -0.15) is 0 Å². The molecule has 0 saturated heterocycles. The number of carbonyl (C=O) groups is 1. The van der Waals surface area contributed by atoms with Gasteiger partial charge in [-0.05, 0) is 31.0 Å². The Kier molecular flexibility index (Phi) is 7.07. The third-order valence-corrected chi connectivity index (χ3v) is 2.74. The van der Waals surface area contributed by atoms with Crippen molar-refractivity contribution in [3.05, 3.63) is 35.6 Å². The van der Waals surface area contributed by atoms with Gasteiger partial charge in [0.1, 0.15) is 5.82 Å². The molecule has 0 heterocycles. The van der Waals surface area contributed by atoms with Crippen LogP contribution in [0.2, 0.25) is 0 Å². The van der Waals surface area contributed by atoms with Crippen molar-refractivity contribution >= 4 is 5.91 Å². The molecule has 1 amide bonds. The first-order chi connectivity index (χ1) is 9.13. The zero-order valence-corrected chi connectivity index (χ0v) is 11.4. The van der Waals surface area contributed by atoms with E-state index >= 15 is 0 Å². The molecule has 19 heavy (non-hydrogen) atoms. The van der Waals surface area contributed by atoms with Gasteiger partial charge in [-0.25, -0.2) is 4.39 Å². The summed E-state index contributed by atoms with van der Waals surface area (Å²) in [7, 11) is 1.63. The molecule has 0 aliphatic heterocycles. The zero-order chi connectivity index (χ0) is 14.1. The van der Waals surface area contributed by atoms with Gasteiger partial charge in [0.15, 0.2) is 0 Å². The monoisotopic (exact) mass is 268 g/mol. The quantitative estimate of drug-likeness (QED) is 0.702. The summed E-state index contributed by atoms with van der Waals surface area (Å²) >= 11 is 0. The van der Waals surface area contributed by atoms with Crippen molar-refractivity contribution in [2.24, 2.45) is 0 Å². The smallest absolute Gasteiger partial charge is 0.236 e. The Morgan fingerprint density at radius 3 is 2.68 bits per heavy atom. The highest BCUT2D eigenvalue weighted by atomic mass is 19.1. The Balaban J connectivity index is 2.24. The molecule has 1 unspecified atom stereocenters. The highest BCUT2D eigenvalue weighted by molar-refractivity contribution is 5.81. The number of benzene rings is 1. The lowest BCUT2D eigenvalue weighted by Crippen LogP contribution is -2.42. The molecule has 0 aliphatic carbocycles. The van der Waals surface area contributed by atoms with E-state index in [4.69, 9.17) is 4.74 Å². The van der Waals surface area contributed by atoms with Crippen molar-refractivity contribution in [2.75, 3.05) is 20.3 Å². The number of amides is 1. The molecule has 106 valence electrons. The maximum atomic E-state index is 12.7. The van der Waals surface area contributed by atoms with Gasteiger partial charge >= 0.3 is 0 Å². The zero-order valence-electron chi connectivity index (χ0n) is 11.4. The van der Waals surface area contributed by atoms with E-state index in [0.29, 0.717) is 19.7 Å². The molecule has 0 fully saturated rings. The first kappa shape index (κ1) is 15.6. The Hall–Kier alpha value is -1.46. The van der Waals surface area contributed by atoms with Crippen LogP contribution in [0.15, 0.2) is 24.3 Å². The van der Waals surface area contributed by atoms with E-state index in [0.717, 1.165) is 12.0 Å². The molecule has 5 heteroatoms. The SMILES string of the molecule is COCCCNC(=O)C(C)NCc1ccc(F)cc1. The van der Waals surface area contributed by atoms with Crippen LogP contribution in [0.4, 0.5) is 4.39 Å². The third-order valence-electron chi connectivity index (χ3n) is 2.74. The van der Waals surface area contributed by atoms with Gasteiger partial charge in [-0.3, -0.25) is 4.79 Å². The summed E-state index contributed by atoms with van der Waals surface area (Å²) in [5, 5.41) is 5.91. The van der Waals surface area contributed by atoms with Gasteiger partial charge in [0, 0.05) is 26.8 Å². The molecule has 2 N–H and O–H groups in total. The van der Waals surface area contributed by atoms with Crippen LogP contribution in [0, 0.1) is 5.82 Å². The highest BCUT2D eigenvalue weighted by Crippen LogP contribution is 2.02. The number of ether oxygens (including phenoxy) is 1. The van der Waals surface area contributed by atoms with E-state index in [1.165, 1.54) is 12.1 Å². The third kappa shape index (κ3) is 6.31. The highest BCUT2D eigenvalue weighted by Gasteiger charge is 2.10. The molecule has 0 radical (unpaired) electrons. The van der Waals surface area contributed by atoms with Gasteiger partial charge in [0.25, 0.3) is 0 Å². The Bertz CT molecular complexity index is 382. The van der Waals surface area contributed by atoms with Gasteiger partial charge in [-0.15, -0.1) is 0 Å². The van der Waals surface area contributed by atoms with E-state index < -0.39 is 0 Å². The summed E-state index contributed by atoms with van der Waals surface area (Å²) in [6.45, 7) is 3.58. The van der Waals surface area contributed by atoms with Crippen LogP contribution in [0.3, 0.4) is 0 Å². The maximum absolute atomic E-state index is 12.7. The number of methoxy groups -OCH3 is 1. The molecule has 0 bridgehead atoms. The fourth-order valence-corrected chi connectivity index (χ4v) is 1.55. The average molecular weight is 268 g/mol. The van der Waals surface area contributed by atoms with E-state index in [-0.39, 0.29) is 17.8 Å². The number of hydrogen-bond acceptors (Lipinski definition) is 3. The Labute approximate surface area is 113 Å². The van der Waals surface area contributed by atoms with Crippen molar-refractivity contribution in [3.8, 4) is 0 Å². The summed E-state index contributed by atoms with van der Waals surface area (Å²) in [5.74, 6) is -0.300. The van der Waals surface area contributed by atoms with Crippen molar-refractivity contribution < 1.29 is 13.9 Å². The van der Waals surface area contributed by atoms with Crippen molar-refractivity contribution in [1.29, 1.82) is 0 Å². The van der Waals surface area contributed by atoms with Crippen LogP contribution < -0.4 is 10.6 Å². The number of carbonyl (C=O) groups excluding carboxylic acids is 1. The lowest BCUT2D eigenvalue weighted by atomic mass is 10.2. The normalized spacial score (nSPS) is 12.2. The lowest BCUT2D eigenvalue weighted by Gasteiger charge is -2.14. The molecule has 0 aliphatic rings. The maximum Gasteiger partial charge on any atom is 0.236 e. The van der Waals surface area contributed by atoms with Crippen LogP contribution in [0.1, 0.15) is 18.9 Å². The fourth-order valence-electron chi connectivity index (χ4n) is 1.55. The van der Waals surface area contributed by atoms with Crippen LogP contribution in [0.5, 0.6) is 0 Å². The molecule has 1 aromatic carbocycles. The van der Waals surface area contributed by atoms with Crippen molar-refractivity contribution in [2.45, 2.75) is 25.9 Å². The molecule has 0 saturated carbocycles. The summed E-state index contributed by atoms with van der Waals surface area (Å²) in [4.78, 5) is 11.7. The van der Waals surface area contributed by atoms with Crippen LogP contribution in [-0.4, -0.2) is 32.2 Å². The minimum absolute atomic E-state index is 0.0433. The van der Waals surface area contributed by atoms with Gasteiger partial charge in [0.05, 0.1) is 6.04 Å². The number of halogens is 1. The Morgan fingerprint density at radius 1 is 1.37 bits per heavy atom. The second-order valence-corrected chi connectivity index (χ2v) is 4.37. The molecule has 4 nitrogen and oxygen atoms in total. The second-order valence-electron chi connectivity index (χ2n) is 4.37. The molecular formula is C14H21FN2O2. The minimum Gasteiger partial charge on any atom is -0.385 e. The number of hydrogen-bond donors (Lipinski definition) is 2. The van der Waals surface area contributed by atoms with Gasteiger partial charge < -0.3 is 15.4 Å². The summed E-state index contributed by atoms with van der Waals surface area (Å²) in [6, 6.07) is 5.93. The molecule has 1 rings (SSSR count). The summed E-state index contributed by atoms with van der Waals surface area (Å²) in [5.41, 5.74) is 0.945. The summed E-state index contributed by atoms with van der Waals surface area (Å²) in [6.07, 6.45) is 0.799. The van der Waals surface area contributed by atoms with E-state index in [1.54, 1.807) is 26.2 Å². The first-order valence-corrected chi connectivity index (χ1v) is 6.38. The predicted molar refractivity (Wildman–Crippen MR) is 72.2 cm³/mol. The molecule has 0 aromatic heterocycles. The predicted octanol–water partition coefficient (Wildman–Crippen LogP) is 1.46. The first-order valence-electron chi connectivity index (χ1n) is 6.38. The van der Waals surface area contributed by atoms with Crippen LogP contribution in [0.25, 0.3) is 0 Å². The van der Waals surface area contributed by atoms with E-state index in [2.05, 4.69) is 10.6 Å². The molecule has 1 atom stereocenters. The minimum atomic E-state index is -0.285. The van der Waals surface area contributed by atoms with Crippen LogP contribution in [-0.2, 0) is 16.1 Å². The molecular weight excluding hydrogens is 247 g/mol. The molecule has 0 spiro atoms. The average Bonchev–Trinajstić information content (AvgIpc) is 2.42. The molecule has 1 aromatic rings. The largest absolute Gasteiger partial charge is 0.385 e. The second kappa shape index (κ2) is 8.61. The van der Waals surface area contributed by atoms with Gasteiger partial charge in [-0.1, -0.05) is 12.1 Å². The van der Waals surface area contributed by atoms with Gasteiger partial charge in [0.2, 0.25) is 5.91 Å². The van der Waals surface area contributed by atoms with Crippen LogP contribution >= 0.6 is 0 Å². The van der Waals surface area contributed by atoms with Crippen molar-refractivity contribution in [3.63, 3.8) is 0 Å². The lowest BCUT2D eigenvalue weighted by molar-refractivity contribution is -0.122. The fraction of sp³-hybridized carbons (Fsp3) is 0.500.